The maximum absolute atomic E-state index is 5.07. The summed E-state index contributed by atoms with van der Waals surface area (Å²) in [4.78, 5) is 22.1. The molecule has 2 aliphatic rings. The maximum atomic E-state index is 5.07. The minimum absolute atomic E-state index is 0.394. The predicted octanol–water partition coefficient (Wildman–Crippen LogP) is 6.95. The van der Waals surface area contributed by atoms with Crippen LogP contribution in [-0.4, -0.2) is 56.9 Å². The van der Waals surface area contributed by atoms with Crippen LogP contribution in [0.5, 0.6) is 0 Å². The molecule has 2 saturated heterocycles. The Morgan fingerprint density at radius 2 is 1.11 bits per heavy atom. The molecule has 6 nitrogen and oxygen atoms in total. The Kier molecular flexibility index (Phi) is 4.91. The fourth-order valence-corrected chi connectivity index (χ4v) is 6.83. The molecule has 2 atom stereocenters. The zero-order chi connectivity index (χ0) is 25.4. The van der Waals surface area contributed by atoms with Gasteiger partial charge in [-0.25, -0.2) is 9.97 Å². The van der Waals surface area contributed by atoms with E-state index in [4.69, 9.17) is 9.97 Å². The van der Waals surface area contributed by atoms with Crippen molar-refractivity contribution in [3.8, 4) is 11.1 Å². The molecule has 4 heterocycles. The molecule has 2 aliphatic heterocycles. The molecule has 0 spiro atoms. The first-order chi connectivity index (χ1) is 18.6. The number of benzene rings is 4. The predicted molar refractivity (Wildman–Crippen MR) is 155 cm³/mol. The summed E-state index contributed by atoms with van der Waals surface area (Å²) < 4.78 is 0. The molecule has 0 amide bonds. The molecule has 2 fully saturated rings. The highest BCUT2D eigenvalue weighted by atomic mass is 15.2. The zero-order valence-corrected chi connectivity index (χ0v) is 22.0. The van der Waals surface area contributed by atoms with Gasteiger partial charge in [0.2, 0.25) is 0 Å². The number of imidazole rings is 2. The molecule has 6 heteroatoms. The quantitative estimate of drug-likeness (QED) is 0.276. The van der Waals surface area contributed by atoms with E-state index in [0.717, 1.165) is 46.8 Å². The van der Waals surface area contributed by atoms with Gasteiger partial charge in [-0.05, 0) is 99.0 Å². The van der Waals surface area contributed by atoms with Crippen molar-refractivity contribution in [2.75, 3.05) is 27.2 Å². The topological polar surface area (TPSA) is 63.8 Å². The van der Waals surface area contributed by atoms with Crippen molar-refractivity contribution in [1.29, 1.82) is 0 Å². The Bertz CT molecular complexity index is 1710. The molecular weight excluding hydrogens is 468 g/mol. The fourth-order valence-electron chi connectivity index (χ4n) is 6.83. The monoisotopic (exact) mass is 500 g/mol. The lowest BCUT2D eigenvalue weighted by Gasteiger charge is -2.16. The van der Waals surface area contributed by atoms with E-state index in [1.54, 1.807) is 0 Å². The largest absolute Gasteiger partial charge is 0.341 e. The number of aromatic amines is 2. The van der Waals surface area contributed by atoms with Crippen LogP contribution in [0.1, 0.15) is 49.4 Å². The summed E-state index contributed by atoms with van der Waals surface area (Å²) in [6, 6.07) is 23.1. The third-order valence-electron chi connectivity index (χ3n) is 8.98. The first-order valence-electron chi connectivity index (χ1n) is 13.9. The third kappa shape index (κ3) is 3.40. The molecule has 8 rings (SSSR count). The lowest BCUT2D eigenvalue weighted by molar-refractivity contribution is 0.307. The lowest BCUT2D eigenvalue weighted by atomic mass is 9.98. The van der Waals surface area contributed by atoms with E-state index in [1.165, 1.54) is 58.4 Å². The minimum Gasteiger partial charge on any atom is -0.341 e. The van der Waals surface area contributed by atoms with Crippen LogP contribution in [0.4, 0.5) is 0 Å². The van der Waals surface area contributed by atoms with Crippen LogP contribution in [0, 0.1) is 0 Å². The summed E-state index contributed by atoms with van der Waals surface area (Å²) >= 11 is 0. The number of fused-ring (bicyclic) bond motifs is 6. The molecule has 190 valence electrons. The van der Waals surface area contributed by atoms with Gasteiger partial charge in [0.1, 0.15) is 11.6 Å². The van der Waals surface area contributed by atoms with E-state index in [9.17, 15) is 0 Å². The number of nitrogens with zero attached hydrogens (tertiary/aromatic N) is 4. The number of rotatable bonds is 3. The fraction of sp³-hybridized carbons (Fsp3) is 0.312. The number of aromatic nitrogens is 4. The van der Waals surface area contributed by atoms with Crippen LogP contribution in [0.25, 0.3) is 54.7 Å². The normalized spacial score (nSPS) is 21.1. The van der Waals surface area contributed by atoms with Crippen LogP contribution < -0.4 is 0 Å². The first kappa shape index (κ1) is 22.3. The number of likely N-dealkylation sites (tertiary alicyclic amines) is 2. The second-order valence-electron chi connectivity index (χ2n) is 11.3. The molecule has 4 aromatic carbocycles. The molecule has 0 bridgehead atoms. The van der Waals surface area contributed by atoms with Gasteiger partial charge in [-0.3, -0.25) is 9.80 Å². The van der Waals surface area contributed by atoms with Crippen LogP contribution >= 0.6 is 0 Å². The average Bonchev–Trinajstić information content (AvgIpc) is 3.73. The molecule has 6 aromatic rings. The maximum Gasteiger partial charge on any atom is 0.124 e. The van der Waals surface area contributed by atoms with Crippen molar-refractivity contribution in [3.63, 3.8) is 0 Å². The number of nitrogens with one attached hydrogen (secondary N) is 2. The second-order valence-corrected chi connectivity index (χ2v) is 11.3. The summed E-state index contributed by atoms with van der Waals surface area (Å²) in [7, 11) is 4.39. The van der Waals surface area contributed by atoms with Crippen LogP contribution in [0.15, 0.2) is 60.7 Å². The van der Waals surface area contributed by atoms with Crippen molar-refractivity contribution in [1.82, 2.24) is 29.7 Å². The summed E-state index contributed by atoms with van der Waals surface area (Å²) in [5.41, 5.74) is 6.84. The van der Waals surface area contributed by atoms with E-state index in [0.29, 0.717) is 12.1 Å². The Balaban J connectivity index is 1.17. The van der Waals surface area contributed by atoms with Crippen molar-refractivity contribution < 1.29 is 0 Å². The van der Waals surface area contributed by atoms with Crippen LogP contribution in [0.2, 0.25) is 0 Å². The van der Waals surface area contributed by atoms with Gasteiger partial charge < -0.3 is 9.97 Å². The summed E-state index contributed by atoms with van der Waals surface area (Å²) in [6.45, 7) is 2.28. The van der Waals surface area contributed by atoms with Gasteiger partial charge in [-0.15, -0.1) is 0 Å². The summed E-state index contributed by atoms with van der Waals surface area (Å²) in [6.07, 6.45) is 4.81. The van der Waals surface area contributed by atoms with Gasteiger partial charge in [-0.2, -0.15) is 0 Å². The number of H-pyrrole nitrogens is 2. The molecule has 2 N–H and O–H groups in total. The molecular formula is C32H32N6. The van der Waals surface area contributed by atoms with Gasteiger partial charge in [0.25, 0.3) is 0 Å². The SMILES string of the molecule is CN1CCCC1c1nc2c(ccc3cc(-c4ccc5c(ccc6[nH]c(C7CCCN7C)nc65)c4)ccc32)[nH]1. The van der Waals surface area contributed by atoms with E-state index in [-0.39, 0.29) is 0 Å². The van der Waals surface area contributed by atoms with Crippen LogP contribution in [0.3, 0.4) is 0 Å². The summed E-state index contributed by atoms with van der Waals surface area (Å²) in [5, 5.41) is 4.86. The Morgan fingerprint density at radius 1 is 0.632 bits per heavy atom. The highest BCUT2D eigenvalue weighted by Gasteiger charge is 2.26. The van der Waals surface area contributed by atoms with Gasteiger partial charge in [0.05, 0.1) is 34.2 Å². The van der Waals surface area contributed by atoms with Crippen LogP contribution in [-0.2, 0) is 0 Å². The van der Waals surface area contributed by atoms with Gasteiger partial charge in [-0.1, -0.05) is 36.4 Å². The Labute approximate surface area is 221 Å². The van der Waals surface area contributed by atoms with E-state index in [2.05, 4.69) is 94.5 Å². The standard InChI is InChI=1S/C32H32N6/c1-37-15-3-5-27(37)31-33-25-13-9-21-17-19(7-11-23(21)29(25)35-31)20-8-12-24-22(18-20)10-14-26-30(24)36-32(34-26)28-6-4-16-38(28)2/h7-14,17-18,27-28H,3-6,15-16H2,1-2H3,(H,33,35)(H,34,36). The average molecular weight is 501 g/mol. The Morgan fingerprint density at radius 3 is 1.53 bits per heavy atom. The highest BCUT2D eigenvalue weighted by molar-refractivity contribution is 6.07. The van der Waals surface area contributed by atoms with Crippen molar-refractivity contribution in [2.24, 2.45) is 0 Å². The van der Waals surface area contributed by atoms with Crippen molar-refractivity contribution >= 4 is 43.6 Å². The third-order valence-corrected chi connectivity index (χ3v) is 8.98. The molecule has 0 radical (unpaired) electrons. The van der Waals surface area contributed by atoms with E-state index < -0.39 is 0 Å². The smallest absolute Gasteiger partial charge is 0.124 e. The van der Waals surface area contributed by atoms with E-state index >= 15 is 0 Å². The molecule has 2 unspecified atom stereocenters. The summed E-state index contributed by atoms with van der Waals surface area (Å²) in [5.74, 6) is 2.19. The molecule has 2 aromatic heterocycles. The second kappa shape index (κ2) is 8.38. The number of hydrogen-bond acceptors (Lipinski definition) is 4. The lowest BCUT2D eigenvalue weighted by Crippen LogP contribution is -2.18. The molecule has 38 heavy (non-hydrogen) atoms. The van der Waals surface area contributed by atoms with Crippen molar-refractivity contribution in [2.45, 2.75) is 37.8 Å². The molecule has 0 saturated carbocycles. The van der Waals surface area contributed by atoms with Crippen molar-refractivity contribution in [3.05, 3.63) is 72.3 Å². The Hall–Kier alpha value is -3.74. The zero-order valence-electron chi connectivity index (χ0n) is 22.0. The first-order valence-corrected chi connectivity index (χ1v) is 13.9. The van der Waals surface area contributed by atoms with E-state index in [1.807, 2.05) is 0 Å². The highest BCUT2D eigenvalue weighted by Crippen LogP contribution is 2.36. The van der Waals surface area contributed by atoms with Gasteiger partial charge >= 0.3 is 0 Å². The minimum atomic E-state index is 0.394. The molecule has 0 aliphatic carbocycles. The van der Waals surface area contributed by atoms with Gasteiger partial charge in [0.15, 0.2) is 0 Å². The van der Waals surface area contributed by atoms with Gasteiger partial charge in [0, 0.05) is 10.8 Å². The number of hydrogen-bond donors (Lipinski definition) is 2.